The molecular formula is C19H17FN4O3S2. The minimum atomic E-state index is -3.85. The molecule has 0 saturated heterocycles. The van der Waals surface area contributed by atoms with Crippen LogP contribution in [-0.2, 0) is 16.6 Å². The minimum absolute atomic E-state index is 0.0455. The van der Waals surface area contributed by atoms with Crippen LogP contribution in [0.4, 0.5) is 10.2 Å². The molecule has 3 rings (SSSR count). The summed E-state index contributed by atoms with van der Waals surface area (Å²) in [7, 11) is -3.85. The normalized spacial score (nSPS) is 11.3. The number of nitrogens with two attached hydrogens (primary N) is 1. The number of nitrogens with zero attached hydrogens (tertiary/aromatic N) is 2. The molecule has 3 aromatic rings. The number of anilines is 1. The smallest absolute Gasteiger partial charge is 0.238 e. The number of halogens is 1. The van der Waals surface area contributed by atoms with Crippen LogP contribution in [-0.4, -0.2) is 30.9 Å². The molecular weight excluding hydrogens is 415 g/mol. The summed E-state index contributed by atoms with van der Waals surface area (Å²) in [4.78, 5) is 19.4. The molecule has 0 aliphatic heterocycles. The fraction of sp³-hybridized carbons (Fsp3) is 0.105. The summed E-state index contributed by atoms with van der Waals surface area (Å²) in [6.07, 6.45) is 3.85. The lowest BCUT2D eigenvalue weighted by atomic mass is 10.0. The molecule has 0 aliphatic rings. The zero-order valence-corrected chi connectivity index (χ0v) is 16.9. The Morgan fingerprint density at radius 3 is 2.62 bits per heavy atom. The number of carbonyl (C=O) groups is 1. The van der Waals surface area contributed by atoms with E-state index in [4.69, 9.17) is 5.14 Å². The van der Waals surface area contributed by atoms with Crippen LogP contribution in [0.5, 0.6) is 0 Å². The Hall–Kier alpha value is -2.82. The van der Waals surface area contributed by atoms with E-state index < -0.39 is 15.8 Å². The lowest BCUT2D eigenvalue weighted by Gasteiger charge is -2.11. The maximum atomic E-state index is 14.6. The molecule has 0 amide bonds. The first kappa shape index (κ1) is 20.9. The molecule has 7 nitrogen and oxygen atoms in total. The highest BCUT2D eigenvalue weighted by Crippen LogP contribution is 2.25. The molecule has 0 radical (unpaired) electrons. The maximum Gasteiger partial charge on any atom is 0.238 e. The first-order valence-corrected chi connectivity index (χ1v) is 11.1. The molecule has 0 unspecified atom stereocenters. The summed E-state index contributed by atoms with van der Waals surface area (Å²) in [5.74, 6) is -0.161. The Bertz CT molecular complexity index is 1170. The van der Waals surface area contributed by atoms with Gasteiger partial charge in [-0.05, 0) is 35.6 Å². The third-order valence-electron chi connectivity index (χ3n) is 4.10. The summed E-state index contributed by atoms with van der Waals surface area (Å²) in [5.41, 5.74) is 1.67. The number of benzene rings is 2. The highest BCUT2D eigenvalue weighted by Gasteiger charge is 2.12. The summed E-state index contributed by atoms with van der Waals surface area (Å²) >= 11 is 1.33. The number of rotatable bonds is 7. The van der Waals surface area contributed by atoms with Crippen molar-refractivity contribution in [3.8, 4) is 11.1 Å². The van der Waals surface area contributed by atoms with E-state index in [9.17, 15) is 17.6 Å². The fourth-order valence-corrected chi connectivity index (χ4v) is 3.50. The molecule has 150 valence electrons. The summed E-state index contributed by atoms with van der Waals surface area (Å²) < 4.78 is 37.6. The van der Waals surface area contributed by atoms with Crippen molar-refractivity contribution in [3.05, 3.63) is 65.6 Å². The van der Waals surface area contributed by atoms with Gasteiger partial charge >= 0.3 is 0 Å². The number of aldehydes is 1. The Labute approximate surface area is 171 Å². The van der Waals surface area contributed by atoms with Crippen LogP contribution in [0, 0.1) is 5.82 Å². The van der Waals surface area contributed by atoms with E-state index in [1.165, 1.54) is 36.2 Å². The highest BCUT2D eigenvalue weighted by molar-refractivity contribution is 7.98. The third kappa shape index (κ3) is 4.97. The van der Waals surface area contributed by atoms with E-state index in [-0.39, 0.29) is 17.0 Å². The van der Waals surface area contributed by atoms with Crippen LogP contribution in [0.15, 0.2) is 58.7 Å². The average Bonchev–Trinajstić information content (AvgIpc) is 2.72. The molecule has 0 atom stereocenters. The van der Waals surface area contributed by atoms with Gasteiger partial charge in [-0.3, -0.25) is 4.79 Å². The number of nitrogens with one attached hydrogen (secondary N) is 1. The lowest BCUT2D eigenvalue weighted by Crippen LogP contribution is -2.11. The van der Waals surface area contributed by atoms with Crippen LogP contribution >= 0.6 is 11.8 Å². The quantitative estimate of drug-likeness (QED) is 0.335. The molecule has 0 spiro atoms. The molecule has 10 heteroatoms. The van der Waals surface area contributed by atoms with Gasteiger partial charge in [0, 0.05) is 18.3 Å². The van der Waals surface area contributed by atoms with E-state index in [2.05, 4.69) is 15.3 Å². The van der Waals surface area contributed by atoms with Crippen LogP contribution in [0.1, 0.15) is 15.9 Å². The van der Waals surface area contributed by atoms with Crippen LogP contribution < -0.4 is 10.5 Å². The van der Waals surface area contributed by atoms with Gasteiger partial charge in [-0.25, -0.2) is 27.9 Å². The molecule has 0 saturated carbocycles. The van der Waals surface area contributed by atoms with Crippen molar-refractivity contribution in [1.82, 2.24) is 9.97 Å². The van der Waals surface area contributed by atoms with E-state index >= 15 is 0 Å². The zero-order valence-electron chi connectivity index (χ0n) is 15.3. The van der Waals surface area contributed by atoms with Crippen molar-refractivity contribution in [3.63, 3.8) is 0 Å². The van der Waals surface area contributed by atoms with Crippen molar-refractivity contribution in [2.75, 3.05) is 11.6 Å². The van der Waals surface area contributed by atoms with Crippen molar-refractivity contribution in [2.45, 2.75) is 16.6 Å². The van der Waals surface area contributed by atoms with Crippen LogP contribution in [0.25, 0.3) is 11.1 Å². The van der Waals surface area contributed by atoms with Crippen LogP contribution in [0.3, 0.4) is 0 Å². The monoisotopic (exact) mass is 432 g/mol. The van der Waals surface area contributed by atoms with Gasteiger partial charge in [-0.2, -0.15) is 0 Å². The first-order chi connectivity index (χ1) is 13.8. The number of aromatic nitrogens is 2. The topological polar surface area (TPSA) is 115 Å². The molecule has 29 heavy (non-hydrogen) atoms. The van der Waals surface area contributed by atoms with Crippen molar-refractivity contribution in [1.29, 1.82) is 0 Å². The number of primary sulfonamides is 1. The second-order valence-corrected chi connectivity index (χ2v) is 8.35. The fourth-order valence-electron chi connectivity index (χ4n) is 2.60. The van der Waals surface area contributed by atoms with Crippen LogP contribution in [0.2, 0.25) is 0 Å². The van der Waals surface area contributed by atoms with Gasteiger partial charge in [0.15, 0.2) is 11.4 Å². The molecule has 1 heterocycles. The van der Waals surface area contributed by atoms with Gasteiger partial charge < -0.3 is 5.32 Å². The summed E-state index contributed by atoms with van der Waals surface area (Å²) in [5, 5.41) is 8.59. The zero-order chi connectivity index (χ0) is 21.0. The predicted octanol–water partition coefficient (Wildman–Crippen LogP) is 3.08. The van der Waals surface area contributed by atoms with Gasteiger partial charge in [0.2, 0.25) is 10.0 Å². The Kier molecular flexibility index (Phi) is 6.26. The Morgan fingerprint density at radius 1 is 1.21 bits per heavy atom. The molecule has 0 aliphatic carbocycles. The first-order valence-electron chi connectivity index (χ1n) is 8.33. The van der Waals surface area contributed by atoms with Crippen molar-refractivity contribution in [2.24, 2.45) is 5.14 Å². The molecule has 0 bridgehead atoms. The van der Waals surface area contributed by atoms with Gasteiger partial charge in [-0.15, -0.1) is 0 Å². The maximum absolute atomic E-state index is 14.6. The van der Waals surface area contributed by atoms with Gasteiger partial charge in [-0.1, -0.05) is 36.0 Å². The molecule has 2 aromatic carbocycles. The lowest BCUT2D eigenvalue weighted by molar-refractivity contribution is 0.112. The summed E-state index contributed by atoms with van der Waals surface area (Å²) in [6.45, 7) is 0.106. The van der Waals surface area contributed by atoms with Crippen molar-refractivity contribution >= 4 is 33.9 Å². The number of thioether (sulfide) groups is 1. The van der Waals surface area contributed by atoms with Crippen molar-refractivity contribution < 1.29 is 17.6 Å². The molecule has 3 N–H and O–H groups in total. The second-order valence-electron chi connectivity index (χ2n) is 6.01. The van der Waals surface area contributed by atoms with E-state index in [1.807, 2.05) is 6.26 Å². The Morgan fingerprint density at radius 2 is 1.97 bits per heavy atom. The van der Waals surface area contributed by atoms with Gasteiger partial charge in [0.1, 0.15) is 11.6 Å². The average molecular weight is 433 g/mol. The van der Waals surface area contributed by atoms with E-state index in [0.717, 1.165) is 0 Å². The third-order valence-corrected chi connectivity index (χ3v) is 5.57. The Balaban J connectivity index is 1.83. The predicted molar refractivity (Wildman–Crippen MR) is 110 cm³/mol. The number of hydrogen-bond acceptors (Lipinski definition) is 7. The van der Waals surface area contributed by atoms with E-state index in [1.54, 1.807) is 24.3 Å². The van der Waals surface area contributed by atoms with Gasteiger partial charge in [0.25, 0.3) is 0 Å². The standard InChI is InChI=1S/C19H17FN4O3S2/c1-28-19-23-10-15(11-25)18(24-19)22-9-14-6-5-13(8-17(14)20)12-3-2-4-16(7-12)29(21,26)27/h2-8,10-11H,9H2,1H3,(H2,21,26,27)(H,22,23,24). The SMILES string of the molecule is CSc1ncc(C=O)c(NCc2ccc(-c3cccc(S(N)(=O)=O)c3)cc2F)n1. The minimum Gasteiger partial charge on any atom is -0.365 e. The highest BCUT2D eigenvalue weighted by atomic mass is 32.2. The second kappa shape index (κ2) is 8.68. The largest absolute Gasteiger partial charge is 0.365 e. The van der Waals surface area contributed by atoms with E-state index in [0.29, 0.717) is 34.0 Å². The molecule has 0 fully saturated rings. The summed E-state index contributed by atoms with van der Waals surface area (Å²) in [6, 6.07) is 10.6. The number of carbonyl (C=O) groups excluding carboxylic acids is 1. The number of hydrogen-bond donors (Lipinski definition) is 2. The molecule has 1 aromatic heterocycles. The van der Waals surface area contributed by atoms with Gasteiger partial charge in [0.05, 0.1) is 10.5 Å². The number of sulfonamides is 1.